The molecule has 0 spiro atoms. The quantitative estimate of drug-likeness (QED) is 0.872. The molecular weight excluding hydrogens is 264 g/mol. The van der Waals surface area contributed by atoms with Gasteiger partial charge in [-0.15, -0.1) is 11.8 Å². The Labute approximate surface area is 116 Å². The summed E-state index contributed by atoms with van der Waals surface area (Å²) in [6.45, 7) is 3.85. The van der Waals surface area contributed by atoms with Crippen LogP contribution in [0.3, 0.4) is 0 Å². The molecule has 0 aromatic heterocycles. The molecule has 1 heterocycles. The zero-order valence-corrected chi connectivity index (χ0v) is 11.7. The summed E-state index contributed by atoms with van der Waals surface area (Å²) in [4.78, 5) is 24.5. The highest BCUT2D eigenvalue weighted by Gasteiger charge is 2.34. The second-order valence-corrected chi connectivity index (χ2v) is 5.57. The lowest BCUT2D eigenvalue weighted by Gasteiger charge is -2.21. The standard InChI is InChI=1S/C13H16N2O3S/c1-8-3-4-9(2)10(5-8)14-13(18)15-7-19-6-11(15)12(16)17/h3-5,11H,6-7H2,1-2H3,(H,14,18)(H,16,17)/t11-/m0/s1. The lowest BCUT2D eigenvalue weighted by atomic mass is 10.1. The van der Waals surface area contributed by atoms with Crippen molar-refractivity contribution in [1.82, 2.24) is 4.90 Å². The van der Waals surface area contributed by atoms with Gasteiger partial charge in [0.2, 0.25) is 0 Å². The van der Waals surface area contributed by atoms with Crippen molar-refractivity contribution < 1.29 is 14.7 Å². The van der Waals surface area contributed by atoms with E-state index >= 15 is 0 Å². The molecule has 1 aromatic rings. The Balaban J connectivity index is 2.12. The predicted octanol–water partition coefficient (Wildman–Crippen LogP) is 2.29. The first-order chi connectivity index (χ1) is 8.99. The summed E-state index contributed by atoms with van der Waals surface area (Å²) in [5.74, 6) is -0.107. The predicted molar refractivity (Wildman–Crippen MR) is 75.5 cm³/mol. The second kappa shape index (κ2) is 5.52. The summed E-state index contributed by atoms with van der Waals surface area (Å²) in [6.07, 6.45) is 0. The van der Waals surface area contributed by atoms with E-state index in [1.165, 1.54) is 16.7 Å². The van der Waals surface area contributed by atoms with Crippen molar-refractivity contribution in [3.05, 3.63) is 29.3 Å². The van der Waals surface area contributed by atoms with Gasteiger partial charge < -0.3 is 15.3 Å². The van der Waals surface area contributed by atoms with E-state index in [4.69, 9.17) is 5.11 Å². The number of carbonyl (C=O) groups excluding carboxylic acids is 1. The third-order valence-corrected chi connectivity index (χ3v) is 4.08. The van der Waals surface area contributed by atoms with Crippen molar-refractivity contribution in [3.63, 3.8) is 0 Å². The maximum Gasteiger partial charge on any atom is 0.327 e. The largest absolute Gasteiger partial charge is 0.480 e. The Kier molecular flexibility index (Phi) is 3.99. The summed E-state index contributed by atoms with van der Waals surface area (Å²) in [5.41, 5.74) is 2.73. The summed E-state index contributed by atoms with van der Waals surface area (Å²) in [5, 5.41) is 11.9. The number of aliphatic carboxylic acids is 1. The fourth-order valence-electron chi connectivity index (χ4n) is 1.90. The number of benzene rings is 1. The topological polar surface area (TPSA) is 69.6 Å². The van der Waals surface area contributed by atoms with Gasteiger partial charge in [-0.2, -0.15) is 0 Å². The molecule has 102 valence electrons. The number of rotatable bonds is 2. The number of anilines is 1. The minimum absolute atomic E-state index is 0.355. The minimum Gasteiger partial charge on any atom is -0.480 e. The lowest BCUT2D eigenvalue weighted by Crippen LogP contribution is -2.44. The molecule has 0 aliphatic carbocycles. The fraction of sp³-hybridized carbons (Fsp3) is 0.385. The average Bonchev–Trinajstić information content (AvgIpc) is 2.83. The fourth-order valence-corrected chi connectivity index (χ4v) is 3.05. The van der Waals surface area contributed by atoms with E-state index < -0.39 is 12.0 Å². The van der Waals surface area contributed by atoms with Gasteiger partial charge >= 0.3 is 12.0 Å². The molecule has 5 nitrogen and oxygen atoms in total. The number of urea groups is 1. The molecule has 2 rings (SSSR count). The van der Waals surface area contributed by atoms with Crippen LogP contribution in [0.5, 0.6) is 0 Å². The van der Waals surface area contributed by atoms with Crippen LogP contribution in [-0.4, -0.2) is 39.7 Å². The van der Waals surface area contributed by atoms with Crippen LogP contribution in [-0.2, 0) is 4.79 Å². The Morgan fingerprint density at radius 1 is 1.42 bits per heavy atom. The molecule has 1 fully saturated rings. The molecule has 0 bridgehead atoms. The number of amides is 2. The van der Waals surface area contributed by atoms with Crippen molar-refractivity contribution >= 4 is 29.4 Å². The second-order valence-electron chi connectivity index (χ2n) is 4.57. The van der Waals surface area contributed by atoms with Crippen LogP contribution in [0, 0.1) is 13.8 Å². The van der Waals surface area contributed by atoms with E-state index in [0.29, 0.717) is 11.6 Å². The van der Waals surface area contributed by atoms with Gasteiger partial charge in [0.05, 0.1) is 5.88 Å². The van der Waals surface area contributed by atoms with Crippen LogP contribution in [0.1, 0.15) is 11.1 Å². The van der Waals surface area contributed by atoms with Crippen molar-refractivity contribution in [2.45, 2.75) is 19.9 Å². The first-order valence-electron chi connectivity index (χ1n) is 5.94. The van der Waals surface area contributed by atoms with Gasteiger partial charge in [-0.25, -0.2) is 9.59 Å². The van der Waals surface area contributed by atoms with E-state index in [1.807, 2.05) is 32.0 Å². The van der Waals surface area contributed by atoms with Crippen LogP contribution < -0.4 is 5.32 Å². The molecule has 1 aromatic carbocycles. The van der Waals surface area contributed by atoms with Crippen molar-refractivity contribution in [3.8, 4) is 0 Å². The molecule has 2 amide bonds. The van der Waals surface area contributed by atoms with Gasteiger partial charge in [-0.05, 0) is 31.0 Å². The molecule has 2 N–H and O–H groups in total. The summed E-state index contributed by atoms with van der Waals surface area (Å²) >= 11 is 1.45. The van der Waals surface area contributed by atoms with Crippen molar-refractivity contribution in [2.24, 2.45) is 0 Å². The van der Waals surface area contributed by atoms with Crippen LogP contribution in [0.25, 0.3) is 0 Å². The Hall–Kier alpha value is -1.69. The number of nitrogens with one attached hydrogen (secondary N) is 1. The van der Waals surface area contributed by atoms with Crippen molar-refractivity contribution in [1.29, 1.82) is 0 Å². The third kappa shape index (κ3) is 3.01. The smallest absolute Gasteiger partial charge is 0.327 e. The van der Waals surface area contributed by atoms with Gasteiger partial charge in [-0.3, -0.25) is 0 Å². The summed E-state index contributed by atoms with van der Waals surface area (Å²) < 4.78 is 0. The Morgan fingerprint density at radius 3 is 2.84 bits per heavy atom. The van der Waals surface area contributed by atoms with Crippen LogP contribution in [0.2, 0.25) is 0 Å². The van der Waals surface area contributed by atoms with E-state index in [0.717, 1.165) is 16.8 Å². The van der Waals surface area contributed by atoms with Gasteiger partial charge in [0.15, 0.2) is 0 Å². The lowest BCUT2D eigenvalue weighted by molar-refractivity contribution is -0.140. The first kappa shape index (κ1) is 13.7. The molecule has 0 saturated carbocycles. The van der Waals surface area contributed by atoms with Crippen LogP contribution in [0.15, 0.2) is 18.2 Å². The zero-order chi connectivity index (χ0) is 14.0. The number of carbonyl (C=O) groups is 2. The monoisotopic (exact) mass is 280 g/mol. The number of thioether (sulfide) groups is 1. The average molecular weight is 280 g/mol. The van der Waals surface area contributed by atoms with Gasteiger partial charge in [-0.1, -0.05) is 12.1 Å². The Morgan fingerprint density at radius 2 is 2.16 bits per heavy atom. The maximum atomic E-state index is 12.1. The summed E-state index contributed by atoms with van der Waals surface area (Å²) in [7, 11) is 0. The maximum absolute atomic E-state index is 12.1. The molecule has 6 heteroatoms. The van der Waals surface area contributed by atoms with Gasteiger partial charge in [0.1, 0.15) is 6.04 Å². The highest BCUT2D eigenvalue weighted by Crippen LogP contribution is 2.23. The van der Waals surface area contributed by atoms with Gasteiger partial charge in [0, 0.05) is 11.4 Å². The minimum atomic E-state index is -0.957. The van der Waals surface area contributed by atoms with E-state index in [-0.39, 0.29) is 6.03 Å². The van der Waals surface area contributed by atoms with E-state index in [1.54, 1.807) is 0 Å². The SMILES string of the molecule is Cc1ccc(C)c(NC(=O)N2CSC[C@H]2C(=O)O)c1. The number of hydrogen-bond acceptors (Lipinski definition) is 3. The molecular formula is C13H16N2O3S. The molecule has 0 radical (unpaired) electrons. The van der Waals surface area contributed by atoms with Crippen LogP contribution >= 0.6 is 11.8 Å². The van der Waals surface area contributed by atoms with E-state index in [9.17, 15) is 9.59 Å². The molecule has 1 atom stereocenters. The molecule has 19 heavy (non-hydrogen) atoms. The highest BCUT2D eigenvalue weighted by atomic mass is 32.2. The summed E-state index contributed by atoms with van der Waals surface area (Å²) in [6, 6.07) is 4.68. The number of carboxylic acids is 1. The number of carboxylic acid groups (broad SMARTS) is 1. The number of aryl methyl sites for hydroxylation is 2. The number of hydrogen-bond donors (Lipinski definition) is 2. The Bertz CT molecular complexity index is 519. The highest BCUT2D eigenvalue weighted by molar-refractivity contribution is 7.99. The molecule has 1 saturated heterocycles. The third-order valence-electron chi connectivity index (χ3n) is 3.06. The normalized spacial score (nSPS) is 18.4. The number of nitrogens with zero attached hydrogens (tertiary/aromatic N) is 1. The van der Waals surface area contributed by atoms with E-state index in [2.05, 4.69) is 5.32 Å². The van der Waals surface area contributed by atoms with Crippen molar-refractivity contribution in [2.75, 3.05) is 16.9 Å². The zero-order valence-electron chi connectivity index (χ0n) is 10.8. The molecule has 1 aliphatic heterocycles. The van der Waals surface area contributed by atoms with Crippen LogP contribution in [0.4, 0.5) is 10.5 Å². The molecule has 0 unspecified atom stereocenters. The van der Waals surface area contributed by atoms with Gasteiger partial charge in [0.25, 0.3) is 0 Å². The molecule has 1 aliphatic rings. The first-order valence-corrected chi connectivity index (χ1v) is 7.10.